The molecule has 0 aliphatic carbocycles. The second-order valence-electron chi connectivity index (χ2n) is 6.72. The molecule has 0 radical (unpaired) electrons. The van der Waals surface area contributed by atoms with E-state index in [9.17, 15) is 4.79 Å². The van der Waals surface area contributed by atoms with Crippen LogP contribution < -0.4 is 15.6 Å². The molecule has 11 heteroatoms. The normalized spacial score (nSPS) is 12.2. The number of para-hydroxylation sites is 2. The Hall–Kier alpha value is -3.15. The van der Waals surface area contributed by atoms with Crippen molar-refractivity contribution < 1.29 is 9.15 Å². The molecule has 0 saturated heterocycles. The summed E-state index contributed by atoms with van der Waals surface area (Å²) in [6.45, 7) is 1.98. The van der Waals surface area contributed by atoms with Crippen molar-refractivity contribution in [2.24, 2.45) is 0 Å². The minimum atomic E-state index is -0.180. The van der Waals surface area contributed by atoms with Crippen LogP contribution in [0.1, 0.15) is 18.0 Å². The Balaban J connectivity index is 1.35. The van der Waals surface area contributed by atoms with Crippen LogP contribution in [0.25, 0.3) is 21.5 Å². The van der Waals surface area contributed by atoms with Crippen LogP contribution >= 0.6 is 34.4 Å². The van der Waals surface area contributed by atoms with Crippen molar-refractivity contribution in [1.29, 1.82) is 0 Å². The number of anilines is 2. The molecule has 0 amide bonds. The van der Waals surface area contributed by atoms with Gasteiger partial charge in [0.05, 0.1) is 29.7 Å². The summed E-state index contributed by atoms with van der Waals surface area (Å²) in [4.78, 5) is 21.1. The highest BCUT2D eigenvalue weighted by Crippen LogP contribution is 2.38. The summed E-state index contributed by atoms with van der Waals surface area (Å²) < 4.78 is 11.6. The van der Waals surface area contributed by atoms with Crippen LogP contribution in [0.2, 0.25) is 0 Å². The number of furan rings is 1. The molecule has 0 spiro atoms. The lowest BCUT2D eigenvalue weighted by Crippen LogP contribution is -2.12. The first-order chi connectivity index (χ1) is 15.6. The van der Waals surface area contributed by atoms with Gasteiger partial charge in [-0.2, -0.15) is 0 Å². The van der Waals surface area contributed by atoms with Crippen LogP contribution in [0.5, 0.6) is 5.75 Å². The molecule has 5 aromatic rings. The number of thioether (sulfide) groups is 1. The van der Waals surface area contributed by atoms with Gasteiger partial charge < -0.3 is 19.5 Å². The number of aromatic amines is 1. The van der Waals surface area contributed by atoms with Gasteiger partial charge in [0.25, 0.3) is 5.56 Å². The number of hydrogen-bond donors (Lipinski definition) is 2. The Bertz CT molecular complexity index is 1420. The Morgan fingerprint density at radius 2 is 2.09 bits per heavy atom. The van der Waals surface area contributed by atoms with Gasteiger partial charge in [-0.05, 0) is 31.2 Å². The maximum atomic E-state index is 12.8. The van der Waals surface area contributed by atoms with Crippen LogP contribution in [0.15, 0.2) is 61.6 Å². The summed E-state index contributed by atoms with van der Waals surface area (Å²) in [7, 11) is 1.62. The maximum Gasteiger partial charge on any atom is 0.260 e. The molecule has 0 bridgehead atoms. The van der Waals surface area contributed by atoms with Gasteiger partial charge in [-0.1, -0.05) is 35.2 Å². The molecule has 5 rings (SSSR count). The molecule has 0 aliphatic heterocycles. The second-order valence-corrected chi connectivity index (χ2v) is 10.1. The molecular weight excluding hydrogens is 466 g/mol. The number of thiophene rings is 1. The van der Waals surface area contributed by atoms with Crippen LogP contribution in [0.4, 0.5) is 10.8 Å². The Morgan fingerprint density at radius 3 is 2.91 bits per heavy atom. The van der Waals surface area contributed by atoms with E-state index in [0.717, 1.165) is 21.3 Å². The van der Waals surface area contributed by atoms with Gasteiger partial charge in [-0.3, -0.25) is 4.79 Å². The maximum absolute atomic E-state index is 12.8. The molecule has 2 N–H and O–H groups in total. The van der Waals surface area contributed by atoms with Gasteiger partial charge in [0, 0.05) is 10.9 Å². The Kier molecular flexibility index (Phi) is 5.68. The summed E-state index contributed by atoms with van der Waals surface area (Å²) in [5.74, 6) is 1.97. The average molecular weight is 484 g/mol. The van der Waals surface area contributed by atoms with E-state index in [1.807, 2.05) is 42.6 Å². The van der Waals surface area contributed by atoms with Crippen molar-refractivity contribution in [3.05, 3.63) is 64.2 Å². The van der Waals surface area contributed by atoms with Crippen molar-refractivity contribution >= 4 is 55.5 Å². The molecule has 4 aromatic heterocycles. The van der Waals surface area contributed by atoms with Crippen molar-refractivity contribution in [2.75, 3.05) is 12.4 Å². The van der Waals surface area contributed by atoms with Crippen LogP contribution in [0, 0.1) is 0 Å². The summed E-state index contributed by atoms with van der Waals surface area (Å²) in [5.41, 5.74) is 1.39. The minimum absolute atomic E-state index is 0.117. The van der Waals surface area contributed by atoms with Crippen molar-refractivity contribution in [1.82, 2.24) is 20.2 Å². The number of methoxy groups -OCH3 is 1. The number of aromatic nitrogens is 4. The lowest BCUT2D eigenvalue weighted by atomic mass is 10.2. The highest BCUT2D eigenvalue weighted by Gasteiger charge is 2.19. The highest BCUT2D eigenvalue weighted by atomic mass is 32.2. The third kappa shape index (κ3) is 4.01. The van der Waals surface area contributed by atoms with Crippen molar-refractivity contribution in [3.8, 4) is 17.1 Å². The standard InChI is InChI=1S/C21H17N5O3S3/c1-11(31-21-26-25-20(32-21)22-13-6-3-4-7-15(13)28-2)17-23-18(27)16-12(10-30-19(16)24-17)14-8-5-9-29-14/h3-11H,1-2H3,(H,22,25)(H,23,24,27). The number of nitrogens with zero attached hydrogens (tertiary/aromatic N) is 3. The predicted molar refractivity (Wildman–Crippen MR) is 128 cm³/mol. The quantitative estimate of drug-likeness (QED) is 0.284. The van der Waals surface area contributed by atoms with Crippen LogP contribution in [-0.4, -0.2) is 27.3 Å². The molecule has 1 unspecified atom stereocenters. The van der Waals surface area contributed by atoms with Crippen molar-refractivity contribution in [3.63, 3.8) is 0 Å². The summed E-state index contributed by atoms with van der Waals surface area (Å²) >= 11 is 4.34. The minimum Gasteiger partial charge on any atom is -0.495 e. The van der Waals surface area contributed by atoms with E-state index in [2.05, 4.69) is 25.5 Å². The molecule has 1 aromatic carbocycles. The summed E-state index contributed by atoms with van der Waals surface area (Å²) in [5, 5.41) is 14.7. The third-order valence-corrected chi connectivity index (χ3v) is 7.57. The highest BCUT2D eigenvalue weighted by molar-refractivity contribution is 8.01. The smallest absolute Gasteiger partial charge is 0.260 e. The number of hydrogen-bond acceptors (Lipinski definition) is 10. The number of ether oxygens (including phenoxy) is 1. The zero-order chi connectivity index (χ0) is 22.1. The first kappa shape index (κ1) is 20.7. The summed E-state index contributed by atoms with van der Waals surface area (Å²) in [6, 6.07) is 11.2. The number of fused-ring (bicyclic) bond motifs is 1. The zero-order valence-corrected chi connectivity index (χ0v) is 19.4. The van der Waals surface area contributed by atoms with E-state index >= 15 is 0 Å². The Labute approximate surface area is 194 Å². The van der Waals surface area contributed by atoms with Gasteiger partial charge in [-0.15, -0.1) is 21.5 Å². The largest absolute Gasteiger partial charge is 0.495 e. The average Bonchev–Trinajstić information content (AvgIpc) is 3.55. The molecule has 4 heterocycles. The number of H-pyrrole nitrogens is 1. The fourth-order valence-electron chi connectivity index (χ4n) is 3.15. The summed E-state index contributed by atoms with van der Waals surface area (Å²) in [6.07, 6.45) is 1.59. The predicted octanol–water partition coefficient (Wildman–Crippen LogP) is 5.70. The van der Waals surface area contributed by atoms with Gasteiger partial charge in [0.1, 0.15) is 22.2 Å². The fourth-order valence-corrected chi connectivity index (χ4v) is 6.05. The fraction of sp³-hybridized carbons (Fsp3) is 0.143. The van der Waals surface area contributed by atoms with E-state index in [4.69, 9.17) is 9.15 Å². The van der Waals surface area contributed by atoms with Crippen LogP contribution in [0.3, 0.4) is 0 Å². The van der Waals surface area contributed by atoms with E-state index in [1.54, 1.807) is 19.4 Å². The monoisotopic (exact) mass is 483 g/mol. The van der Waals surface area contributed by atoms with Gasteiger partial charge in [0.15, 0.2) is 4.34 Å². The molecule has 32 heavy (non-hydrogen) atoms. The first-order valence-corrected chi connectivity index (χ1v) is 12.2. The lowest BCUT2D eigenvalue weighted by molar-refractivity contribution is 0.417. The van der Waals surface area contributed by atoms with Gasteiger partial charge in [0.2, 0.25) is 5.13 Å². The SMILES string of the molecule is COc1ccccc1Nc1nnc(SC(C)c2nc3scc(-c4ccco4)c3c(=O)[nH]2)s1. The molecule has 0 aliphatic rings. The molecule has 1 atom stereocenters. The van der Waals surface area contributed by atoms with Gasteiger partial charge >= 0.3 is 0 Å². The molecule has 8 nitrogen and oxygen atoms in total. The van der Waals surface area contributed by atoms with E-state index in [-0.39, 0.29) is 10.8 Å². The second kappa shape index (κ2) is 8.77. The zero-order valence-electron chi connectivity index (χ0n) is 17.0. The van der Waals surface area contributed by atoms with Gasteiger partial charge in [-0.25, -0.2) is 4.98 Å². The van der Waals surface area contributed by atoms with E-state index in [1.165, 1.54) is 34.4 Å². The van der Waals surface area contributed by atoms with Crippen LogP contribution in [-0.2, 0) is 0 Å². The Morgan fingerprint density at radius 1 is 1.22 bits per heavy atom. The molecular formula is C21H17N5O3S3. The molecule has 0 fully saturated rings. The topological polar surface area (TPSA) is 106 Å². The lowest BCUT2D eigenvalue weighted by Gasteiger charge is -2.08. The molecule has 0 saturated carbocycles. The van der Waals surface area contributed by atoms with Crippen molar-refractivity contribution in [2.45, 2.75) is 16.5 Å². The molecule has 162 valence electrons. The third-order valence-electron chi connectivity index (χ3n) is 4.67. The number of nitrogens with one attached hydrogen (secondary N) is 2. The van der Waals surface area contributed by atoms with E-state index in [0.29, 0.717) is 26.9 Å². The number of benzene rings is 1. The van der Waals surface area contributed by atoms with E-state index < -0.39 is 0 Å². The first-order valence-electron chi connectivity index (χ1n) is 9.58. The number of rotatable bonds is 7.